The fourth-order valence-corrected chi connectivity index (χ4v) is 1.35. The molecule has 0 heterocycles. The minimum Gasteiger partial charge on any atom is -0.457 e. The molecule has 1 aromatic rings. The molecular formula is C13H17FO3. The van der Waals surface area contributed by atoms with Crippen LogP contribution in [0.5, 0.6) is 0 Å². The van der Waals surface area contributed by atoms with Crippen molar-refractivity contribution in [2.24, 2.45) is 0 Å². The molecular weight excluding hydrogens is 223 g/mol. The van der Waals surface area contributed by atoms with Gasteiger partial charge in [0.2, 0.25) is 0 Å². The van der Waals surface area contributed by atoms with Crippen molar-refractivity contribution in [2.75, 3.05) is 13.2 Å². The minimum absolute atomic E-state index is 0.0426. The summed E-state index contributed by atoms with van der Waals surface area (Å²) in [6, 6.07) is 4.41. The first-order chi connectivity index (χ1) is 8.04. The normalized spacial score (nSPS) is 12.2. The van der Waals surface area contributed by atoms with E-state index in [9.17, 15) is 9.18 Å². The first-order valence-corrected chi connectivity index (χ1v) is 5.59. The van der Waals surface area contributed by atoms with Crippen LogP contribution >= 0.6 is 0 Å². The van der Waals surface area contributed by atoms with Gasteiger partial charge < -0.3 is 9.47 Å². The first kappa shape index (κ1) is 13.6. The molecule has 0 aliphatic rings. The molecule has 3 nitrogen and oxygen atoms in total. The van der Waals surface area contributed by atoms with Crippen molar-refractivity contribution in [3.05, 3.63) is 35.1 Å². The van der Waals surface area contributed by atoms with Crippen LogP contribution in [0.1, 0.15) is 29.8 Å². The lowest BCUT2D eigenvalue weighted by molar-refractivity contribution is 0.00401. The summed E-state index contributed by atoms with van der Waals surface area (Å²) in [6.45, 7) is 6.19. The molecule has 94 valence electrons. The van der Waals surface area contributed by atoms with Gasteiger partial charge in [0, 0.05) is 6.61 Å². The van der Waals surface area contributed by atoms with Crippen LogP contribution in [0.15, 0.2) is 18.2 Å². The molecule has 1 aromatic carbocycles. The summed E-state index contributed by atoms with van der Waals surface area (Å²) in [7, 11) is 0. The van der Waals surface area contributed by atoms with Gasteiger partial charge in [-0.05, 0) is 38.5 Å². The Bertz CT molecular complexity index is 390. The van der Waals surface area contributed by atoms with E-state index in [4.69, 9.17) is 9.47 Å². The maximum Gasteiger partial charge on any atom is 0.341 e. The molecule has 1 rings (SSSR count). The highest BCUT2D eigenvalue weighted by atomic mass is 19.1. The lowest BCUT2D eigenvalue weighted by atomic mass is 10.1. The standard InChI is InChI=1S/C13H17FO3/c1-4-16-8-10(3)17-13(15)11-6-5-9(2)7-12(11)14/h5-7,10H,4,8H2,1-3H3. The molecule has 0 amide bonds. The molecule has 0 saturated carbocycles. The van der Waals surface area contributed by atoms with Crippen molar-refractivity contribution >= 4 is 5.97 Å². The molecule has 0 aliphatic heterocycles. The Kier molecular flexibility index (Phi) is 5.10. The van der Waals surface area contributed by atoms with E-state index >= 15 is 0 Å². The van der Waals surface area contributed by atoms with Crippen LogP contribution in [0.4, 0.5) is 4.39 Å². The highest BCUT2D eigenvalue weighted by Crippen LogP contribution is 2.12. The van der Waals surface area contributed by atoms with Crippen LogP contribution in [0.25, 0.3) is 0 Å². The van der Waals surface area contributed by atoms with Crippen molar-refractivity contribution in [3.8, 4) is 0 Å². The number of esters is 1. The van der Waals surface area contributed by atoms with Gasteiger partial charge in [0.15, 0.2) is 0 Å². The van der Waals surface area contributed by atoms with Crippen molar-refractivity contribution in [1.82, 2.24) is 0 Å². The first-order valence-electron chi connectivity index (χ1n) is 5.59. The highest BCUT2D eigenvalue weighted by molar-refractivity contribution is 5.89. The third-order valence-corrected chi connectivity index (χ3v) is 2.21. The van der Waals surface area contributed by atoms with E-state index in [-0.39, 0.29) is 11.7 Å². The van der Waals surface area contributed by atoms with Gasteiger partial charge in [-0.3, -0.25) is 0 Å². The zero-order chi connectivity index (χ0) is 12.8. The van der Waals surface area contributed by atoms with E-state index in [1.165, 1.54) is 12.1 Å². The zero-order valence-electron chi connectivity index (χ0n) is 10.3. The number of carbonyl (C=O) groups excluding carboxylic acids is 1. The third kappa shape index (κ3) is 4.15. The molecule has 0 aliphatic carbocycles. The number of ether oxygens (including phenoxy) is 2. The fraction of sp³-hybridized carbons (Fsp3) is 0.462. The van der Waals surface area contributed by atoms with E-state index in [0.717, 1.165) is 5.56 Å². The van der Waals surface area contributed by atoms with Gasteiger partial charge in [0.25, 0.3) is 0 Å². The van der Waals surface area contributed by atoms with Gasteiger partial charge >= 0.3 is 5.97 Å². The highest BCUT2D eigenvalue weighted by Gasteiger charge is 2.16. The van der Waals surface area contributed by atoms with Gasteiger partial charge in [-0.2, -0.15) is 0 Å². The molecule has 1 atom stereocenters. The summed E-state index contributed by atoms with van der Waals surface area (Å²) in [4.78, 5) is 11.6. The average molecular weight is 240 g/mol. The molecule has 17 heavy (non-hydrogen) atoms. The van der Waals surface area contributed by atoms with Crippen LogP contribution in [0.2, 0.25) is 0 Å². The smallest absolute Gasteiger partial charge is 0.341 e. The van der Waals surface area contributed by atoms with Crippen molar-refractivity contribution in [2.45, 2.75) is 26.9 Å². The van der Waals surface area contributed by atoms with E-state index < -0.39 is 11.8 Å². The largest absolute Gasteiger partial charge is 0.457 e. The van der Waals surface area contributed by atoms with Gasteiger partial charge in [0.05, 0.1) is 12.2 Å². The summed E-state index contributed by atoms with van der Waals surface area (Å²) < 4.78 is 23.6. The molecule has 0 radical (unpaired) electrons. The lowest BCUT2D eigenvalue weighted by Crippen LogP contribution is -2.21. The molecule has 0 spiro atoms. The fourth-order valence-electron chi connectivity index (χ4n) is 1.35. The van der Waals surface area contributed by atoms with Crippen LogP contribution in [0, 0.1) is 12.7 Å². The van der Waals surface area contributed by atoms with Crippen LogP contribution in [0.3, 0.4) is 0 Å². The Morgan fingerprint density at radius 1 is 1.47 bits per heavy atom. The number of rotatable bonds is 5. The molecule has 0 aromatic heterocycles. The van der Waals surface area contributed by atoms with Gasteiger partial charge in [0.1, 0.15) is 11.9 Å². The molecule has 1 unspecified atom stereocenters. The summed E-state index contributed by atoms with van der Waals surface area (Å²) in [5.41, 5.74) is 0.723. The number of halogens is 1. The summed E-state index contributed by atoms with van der Waals surface area (Å²) in [5.74, 6) is -1.21. The maximum atomic E-state index is 13.5. The summed E-state index contributed by atoms with van der Waals surface area (Å²) in [6.07, 6.45) is -0.386. The topological polar surface area (TPSA) is 35.5 Å². The second-order valence-corrected chi connectivity index (χ2v) is 3.86. The summed E-state index contributed by atoms with van der Waals surface area (Å²) >= 11 is 0. The van der Waals surface area contributed by atoms with Crippen LogP contribution < -0.4 is 0 Å². The zero-order valence-corrected chi connectivity index (χ0v) is 10.3. The molecule has 0 N–H and O–H groups in total. The van der Waals surface area contributed by atoms with E-state index in [1.54, 1.807) is 19.9 Å². The Hall–Kier alpha value is -1.42. The van der Waals surface area contributed by atoms with Crippen molar-refractivity contribution < 1.29 is 18.7 Å². The second kappa shape index (κ2) is 6.35. The van der Waals surface area contributed by atoms with E-state index in [1.807, 2.05) is 6.92 Å². The maximum absolute atomic E-state index is 13.5. The van der Waals surface area contributed by atoms with Crippen LogP contribution in [-0.2, 0) is 9.47 Å². The second-order valence-electron chi connectivity index (χ2n) is 3.86. The monoisotopic (exact) mass is 240 g/mol. The van der Waals surface area contributed by atoms with Crippen LogP contribution in [-0.4, -0.2) is 25.3 Å². The number of carbonyl (C=O) groups is 1. The Labute approximate surface area is 101 Å². The number of aryl methyl sites for hydroxylation is 1. The number of benzene rings is 1. The quantitative estimate of drug-likeness (QED) is 0.742. The van der Waals surface area contributed by atoms with Gasteiger partial charge in [-0.15, -0.1) is 0 Å². The summed E-state index contributed by atoms with van der Waals surface area (Å²) in [5, 5.41) is 0. The van der Waals surface area contributed by atoms with E-state index in [0.29, 0.717) is 13.2 Å². The molecule has 4 heteroatoms. The lowest BCUT2D eigenvalue weighted by Gasteiger charge is -2.13. The molecule has 0 fully saturated rings. The Balaban J connectivity index is 2.63. The van der Waals surface area contributed by atoms with E-state index in [2.05, 4.69) is 0 Å². The third-order valence-electron chi connectivity index (χ3n) is 2.21. The molecule has 0 bridgehead atoms. The molecule has 0 saturated heterocycles. The predicted octanol–water partition coefficient (Wildman–Crippen LogP) is 2.72. The average Bonchev–Trinajstić information content (AvgIpc) is 2.26. The Morgan fingerprint density at radius 3 is 2.76 bits per heavy atom. The van der Waals surface area contributed by atoms with Crippen molar-refractivity contribution in [3.63, 3.8) is 0 Å². The Morgan fingerprint density at radius 2 is 2.18 bits per heavy atom. The predicted molar refractivity (Wildman–Crippen MR) is 62.5 cm³/mol. The van der Waals surface area contributed by atoms with Gasteiger partial charge in [-0.1, -0.05) is 6.07 Å². The van der Waals surface area contributed by atoms with Gasteiger partial charge in [-0.25, -0.2) is 9.18 Å². The SMILES string of the molecule is CCOCC(C)OC(=O)c1ccc(C)cc1F. The minimum atomic E-state index is -0.658. The van der Waals surface area contributed by atoms with Crippen molar-refractivity contribution in [1.29, 1.82) is 0 Å². The number of hydrogen-bond donors (Lipinski definition) is 0. The number of hydrogen-bond acceptors (Lipinski definition) is 3.